The summed E-state index contributed by atoms with van der Waals surface area (Å²) in [5.41, 5.74) is -0.257. The lowest BCUT2D eigenvalue weighted by atomic mass is 10.00. The highest BCUT2D eigenvalue weighted by Gasteiger charge is 2.40. The molecule has 1 heterocycles. The van der Waals surface area contributed by atoms with E-state index in [0.29, 0.717) is 13.2 Å². The van der Waals surface area contributed by atoms with Crippen LogP contribution in [0, 0.1) is 24.7 Å². The number of hydrogen-bond acceptors (Lipinski definition) is 3. The van der Waals surface area contributed by atoms with Crippen LogP contribution in [0.15, 0.2) is 30.3 Å². The fraction of sp³-hybridized carbons (Fsp3) is 0.312. The molecule has 1 aromatic carbocycles. The van der Waals surface area contributed by atoms with Crippen LogP contribution in [0.3, 0.4) is 0 Å². The number of nitrogens with zero attached hydrogens (tertiary/aromatic N) is 1. The largest absolute Gasteiger partial charge is 0.444 e. The quantitative estimate of drug-likeness (QED) is 0.766. The molecule has 0 aromatic heterocycles. The number of hydrogen-bond donors (Lipinski definition) is 0. The number of carbonyl (C=O) groups excluding carboxylic acids is 1. The van der Waals surface area contributed by atoms with Gasteiger partial charge < -0.3 is 9.47 Å². The van der Waals surface area contributed by atoms with Gasteiger partial charge in [0.2, 0.25) is 0 Å². The minimum absolute atomic E-state index is 0.125. The molecule has 1 aliphatic rings. The number of rotatable bonds is 2. The molecule has 0 spiro atoms. The van der Waals surface area contributed by atoms with Crippen molar-refractivity contribution in [1.29, 1.82) is 0 Å². The molecular weight excluding hydrogens is 254 g/mol. The first-order chi connectivity index (χ1) is 9.72. The third kappa shape index (κ3) is 2.77. The molecule has 1 fully saturated rings. The summed E-state index contributed by atoms with van der Waals surface area (Å²) < 4.78 is 10.5. The van der Waals surface area contributed by atoms with Crippen LogP contribution in [0.25, 0.3) is 0 Å². The van der Waals surface area contributed by atoms with Gasteiger partial charge in [-0.05, 0) is 5.56 Å². The Morgan fingerprint density at radius 3 is 2.70 bits per heavy atom. The van der Waals surface area contributed by atoms with Gasteiger partial charge in [-0.2, -0.15) is 0 Å². The second-order valence-electron chi connectivity index (χ2n) is 4.39. The van der Waals surface area contributed by atoms with E-state index in [2.05, 4.69) is 11.8 Å². The van der Waals surface area contributed by atoms with Gasteiger partial charge in [-0.1, -0.05) is 42.2 Å². The smallest absolute Gasteiger partial charge is 0.412 e. The summed E-state index contributed by atoms with van der Waals surface area (Å²) in [5, 5.41) is 0. The average molecular weight is 269 g/mol. The van der Waals surface area contributed by atoms with Crippen LogP contribution in [-0.2, 0) is 16.1 Å². The molecule has 0 N–H and O–H groups in total. The van der Waals surface area contributed by atoms with Crippen molar-refractivity contribution >= 4 is 6.09 Å². The lowest BCUT2D eigenvalue weighted by Crippen LogP contribution is -2.57. The Hall–Kier alpha value is -2.43. The first-order valence-corrected chi connectivity index (χ1v) is 6.23. The summed E-state index contributed by atoms with van der Waals surface area (Å²) in [6.45, 7) is 1.02. The van der Waals surface area contributed by atoms with E-state index >= 15 is 0 Å². The minimum Gasteiger partial charge on any atom is -0.444 e. The second-order valence-corrected chi connectivity index (χ2v) is 4.39. The lowest BCUT2D eigenvalue weighted by molar-refractivity contribution is -0.0165. The Morgan fingerprint density at radius 2 is 2.05 bits per heavy atom. The standard InChI is InChI=1S/C16H15NO3/c1-3-16(4-2)13-19-11-10-17(16)15(18)20-12-14-8-6-5-7-9-14/h1-2,5-9H,10-13H2. The Morgan fingerprint density at radius 1 is 1.35 bits per heavy atom. The van der Waals surface area contributed by atoms with Gasteiger partial charge in [0.15, 0.2) is 5.54 Å². The molecule has 20 heavy (non-hydrogen) atoms. The van der Waals surface area contributed by atoms with Gasteiger partial charge >= 0.3 is 6.09 Å². The molecule has 1 aliphatic heterocycles. The van der Waals surface area contributed by atoms with Crippen LogP contribution in [0.4, 0.5) is 4.79 Å². The van der Waals surface area contributed by atoms with Crippen LogP contribution >= 0.6 is 0 Å². The number of carbonyl (C=O) groups is 1. The van der Waals surface area contributed by atoms with E-state index in [1.165, 1.54) is 4.90 Å². The molecule has 0 saturated carbocycles. The zero-order valence-electron chi connectivity index (χ0n) is 11.0. The highest BCUT2D eigenvalue weighted by atomic mass is 16.6. The molecule has 0 radical (unpaired) electrons. The van der Waals surface area contributed by atoms with Crippen LogP contribution in [0.1, 0.15) is 5.56 Å². The second kappa shape index (κ2) is 6.14. The van der Waals surface area contributed by atoms with Gasteiger partial charge in [0, 0.05) is 6.54 Å². The predicted octanol–water partition coefficient (Wildman–Crippen LogP) is 1.66. The highest BCUT2D eigenvalue weighted by Crippen LogP contribution is 2.20. The van der Waals surface area contributed by atoms with Gasteiger partial charge in [-0.15, -0.1) is 12.8 Å². The number of terminal acetylenes is 2. The highest BCUT2D eigenvalue weighted by molar-refractivity contribution is 5.71. The zero-order chi connectivity index (χ0) is 14.4. The zero-order valence-corrected chi connectivity index (χ0v) is 11.0. The molecule has 0 aliphatic carbocycles. The predicted molar refractivity (Wildman–Crippen MR) is 74.5 cm³/mol. The summed E-state index contributed by atoms with van der Waals surface area (Å²) in [7, 11) is 0. The lowest BCUT2D eigenvalue weighted by Gasteiger charge is -2.38. The van der Waals surface area contributed by atoms with Crippen LogP contribution in [0.5, 0.6) is 0 Å². The Labute approximate surface area is 118 Å². The van der Waals surface area contributed by atoms with Crippen molar-refractivity contribution in [2.45, 2.75) is 12.1 Å². The van der Waals surface area contributed by atoms with Gasteiger partial charge in [-0.3, -0.25) is 4.90 Å². The SMILES string of the molecule is C#CC1(C#C)COCCN1C(=O)OCc1ccccc1. The Bertz CT molecular complexity index is 539. The molecule has 0 atom stereocenters. The van der Waals surface area contributed by atoms with Crippen molar-refractivity contribution in [3.05, 3.63) is 35.9 Å². The van der Waals surface area contributed by atoms with Crippen molar-refractivity contribution < 1.29 is 14.3 Å². The van der Waals surface area contributed by atoms with Gasteiger partial charge in [0.25, 0.3) is 0 Å². The maximum Gasteiger partial charge on any atom is 0.412 e. The number of ether oxygens (including phenoxy) is 2. The minimum atomic E-state index is -1.16. The fourth-order valence-corrected chi connectivity index (χ4v) is 1.97. The van der Waals surface area contributed by atoms with Crippen molar-refractivity contribution in [1.82, 2.24) is 4.90 Å². The molecular formula is C16H15NO3. The van der Waals surface area contributed by atoms with Crippen molar-refractivity contribution in [3.63, 3.8) is 0 Å². The topological polar surface area (TPSA) is 38.8 Å². The van der Waals surface area contributed by atoms with E-state index in [1.54, 1.807) is 0 Å². The summed E-state index contributed by atoms with van der Waals surface area (Å²) in [4.78, 5) is 13.5. The van der Waals surface area contributed by atoms with Gasteiger partial charge in [-0.25, -0.2) is 4.79 Å². The van der Waals surface area contributed by atoms with Crippen molar-refractivity contribution in [2.24, 2.45) is 0 Å². The number of amides is 1. The monoisotopic (exact) mass is 269 g/mol. The van der Waals surface area contributed by atoms with E-state index in [0.717, 1.165) is 5.56 Å². The summed E-state index contributed by atoms with van der Waals surface area (Å²) in [5.74, 6) is 4.92. The molecule has 4 heteroatoms. The molecule has 102 valence electrons. The van der Waals surface area contributed by atoms with E-state index in [4.69, 9.17) is 22.3 Å². The molecule has 1 amide bonds. The molecule has 4 nitrogen and oxygen atoms in total. The molecule has 1 saturated heterocycles. The Balaban J connectivity index is 2.04. The molecule has 0 bridgehead atoms. The van der Waals surface area contributed by atoms with Crippen molar-refractivity contribution in [2.75, 3.05) is 19.8 Å². The fourth-order valence-electron chi connectivity index (χ4n) is 1.97. The van der Waals surface area contributed by atoms with E-state index in [-0.39, 0.29) is 13.2 Å². The van der Waals surface area contributed by atoms with Crippen LogP contribution in [-0.4, -0.2) is 36.3 Å². The number of morpholine rings is 1. The van der Waals surface area contributed by atoms with E-state index < -0.39 is 11.6 Å². The van der Waals surface area contributed by atoms with Crippen LogP contribution in [0.2, 0.25) is 0 Å². The third-order valence-electron chi connectivity index (χ3n) is 3.13. The summed E-state index contributed by atoms with van der Waals surface area (Å²) in [6.07, 6.45) is 10.4. The normalized spacial score (nSPS) is 16.8. The molecule has 2 rings (SSSR count). The van der Waals surface area contributed by atoms with Gasteiger partial charge in [0.1, 0.15) is 6.61 Å². The maximum atomic E-state index is 12.2. The van der Waals surface area contributed by atoms with Crippen molar-refractivity contribution in [3.8, 4) is 24.7 Å². The number of benzene rings is 1. The summed E-state index contributed by atoms with van der Waals surface area (Å²) in [6, 6.07) is 9.41. The Kier molecular flexibility index (Phi) is 4.30. The van der Waals surface area contributed by atoms with Gasteiger partial charge in [0.05, 0.1) is 13.2 Å². The first-order valence-electron chi connectivity index (χ1n) is 6.23. The average Bonchev–Trinajstić information content (AvgIpc) is 2.53. The van der Waals surface area contributed by atoms with E-state index in [9.17, 15) is 4.79 Å². The first kappa shape index (κ1) is 14.0. The molecule has 0 unspecified atom stereocenters. The molecule has 1 aromatic rings. The maximum absolute atomic E-state index is 12.2. The summed E-state index contributed by atoms with van der Waals surface area (Å²) >= 11 is 0. The van der Waals surface area contributed by atoms with Crippen LogP contribution < -0.4 is 0 Å². The van der Waals surface area contributed by atoms with E-state index in [1.807, 2.05) is 30.3 Å². The third-order valence-corrected chi connectivity index (χ3v) is 3.13.